The van der Waals surface area contributed by atoms with Crippen LogP contribution in [0.15, 0.2) is 36.7 Å². The molecule has 134 valence electrons. The number of halogens is 3. The molecule has 5 nitrogen and oxygen atoms in total. The molecule has 2 atom stereocenters. The van der Waals surface area contributed by atoms with Crippen LogP contribution in [0.2, 0.25) is 0 Å². The molecule has 1 aliphatic rings. The summed E-state index contributed by atoms with van der Waals surface area (Å²) in [6, 6.07) is 4.35. The third-order valence-corrected chi connectivity index (χ3v) is 4.37. The molecule has 0 unspecified atom stereocenters. The van der Waals surface area contributed by atoms with Crippen molar-refractivity contribution in [1.82, 2.24) is 14.7 Å². The molecule has 1 N–H and O–H groups in total. The fourth-order valence-corrected chi connectivity index (χ4v) is 3.19. The summed E-state index contributed by atoms with van der Waals surface area (Å²) in [6.07, 6.45) is -2.37. The number of hydrogen-bond acceptors (Lipinski definition) is 3. The van der Waals surface area contributed by atoms with Gasteiger partial charge in [-0.2, -0.15) is 18.3 Å². The highest BCUT2D eigenvalue weighted by Crippen LogP contribution is 2.40. The Morgan fingerprint density at radius 2 is 2.08 bits per heavy atom. The molecule has 0 radical (unpaired) electrons. The van der Waals surface area contributed by atoms with Gasteiger partial charge in [0, 0.05) is 19.3 Å². The van der Waals surface area contributed by atoms with Crippen molar-refractivity contribution in [2.24, 2.45) is 0 Å². The molecule has 0 saturated carbocycles. The number of rotatable bonds is 3. The molecule has 2 heterocycles. The predicted octanol–water partition coefficient (Wildman–Crippen LogP) is 2.87. The smallest absolute Gasteiger partial charge is 0.391 e. The van der Waals surface area contributed by atoms with E-state index in [9.17, 15) is 23.1 Å². The molecule has 0 spiro atoms. The monoisotopic (exact) mass is 353 g/mol. The molecule has 1 aliphatic heterocycles. The van der Waals surface area contributed by atoms with E-state index in [1.54, 1.807) is 10.9 Å². The largest absolute Gasteiger partial charge is 0.416 e. The highest BCUT2D eigenvalue weighted by molar-refractivity contribution is 5.94. The lowest BCUT2D eigenvalue weighted by Gasteiger charge is -2.26. The van der Waals surface area contributed by atoms with Gasteiger partial charge < -0.3 is 10.0 Å². The van der Waals surface area contributed by atoms with Crippen LogP contribution in [0.1, 0.15) is 40.9 Å². The van der Waals surface area contributed by atoms with E-state index in [1.807, 2.05) is 6.92 Å². The van der Waals surface area contributed by atoms with Crippen molar-refractivity contribution in [1.29, 1.82) is 0 Å². The molecule has 0 bridgehead atoms. The van der Waals surface area contributed by atoms with Crippen molar-refractivity contribution in [3.63, 3.8) is 0 Å². The quantitative estimate of drug-likeness (QED) is 0.923. The Labute approximate surface area is 142 Å². The zero-order chi connectivity index (χ0) is 18.2. The normalized spacial score (nSPS) is 20.9. The summed E-state index contributed by atoms with van der Waals surface area (Å²) in [5.41, 5.74) is -0.482. The molecule has 1 saturated heterocycles. The number of alkyl halides is 3. The molecule has 8 heteroatoms. The maximum absolute atomic E-state index is 13.3. The molecular weight excluding hydrogens is 335 g/mol. The zero-order valence-corrected chi connectivity index (χ0v) is 13.6. The minimum atomic E-state index is -4.52. The lowest BCUT2D eigenvalue weighted by atomic mass is 9.97. The highest BCUT2D eigenvalue weighted by Gasteiger charge is 2.41. The van der Waals surface area contributed by atoms with E-state index < -0.39 is 29.8 Å². The summed E-state index contributed by atoms with van der Waals surface area (Å²) in [7, 11) is 0. The van der Waals surface area contributed by atoms with Crippen molar-refractivity contribution in [3.8, 4) is 0 Å². The van der Waals surface area contributed by atoms with Crippen molar-refractivity contribution < 1.29 is 23.1 Å². The Kier molecular flexibility index (Phi) is 4.55. The van der Waals surface area contributed by atoms with Crippen molar-refractivity contribution in [2.45, 2.75) is 38.2 Å². The van der Waals surface area contributed by atoms with Crippen LogP contribution >= 0.6 is 0 Å². The standard InChI is InChI=1S/C17H18F3N3O2/c1-2-22-9-11(8-21-22)16(25)23-10-12(24)7-15(23)13-5-3-4-6-14(13)17(18,19)20/h3-6,8-9,12,15,24H,2,7,10H2,1H3/t12-,15-/m1/s1. The number of carbonyl (C=O) groups is 1. The van der Waals surface area contributed by atoms with Gasteiger partial charge in [-0.15, -0.1) is 0 Å². The van der Waals surface area contributed by atoms with Crippen LogP contribution in [-0.4, -0.2) is 38.3 Å². The average molecular weight is 353 g/mol. The van der Waals surface area contributed by atoms with Gasteiger partial charge in [-0.25, -0.2) is 0 Å². The van der Waals surface area contributed by atoms with E-state index in [0.29, 0.717) is 12.1 Å². The van der Waals surface area contributed by atoms with Gasteiger partial charge in [-0.05, 0) is 25.0 Å². The van der Waals surface area contributed by atoms with Gasteiger partial charge in [0.1, 0.15) is 0 Å². The molecule has 1 aromatic heterocycles. The van der Waals surface area contributed by atoms with Crippen LogP contribution in [0.25, 0.3) is 0 Å². The molecule has 0 aliphatic carbocycles. The summed E-state index contributed by atoms with van der Waals surface area (Å²) in [4.78, 5) is 14.0. The second-order valence-corrected chi connectivity index (χ2v) is 6.03. The number of aliphatic hydroxyl groups is 1. The Morgan fingerprint density at radius 3 is 2.72 bits per heavy atom. The molecular formula is C17H18F3N3O2. The minimum Gasteiger partial charge on any atom is -0.391 e. The van der Waals surface area contributed by atoms with Gasteiger partial charge >= 0.3 is 6.18 Å². The number of nitrogens with zero attached hydrogens (tertiary/aromatic N) is 3. The zero-order valence-electron chi connectivity index (χ0n) is 13.6. The van der Waals surface area contributed by atoms with Gasteiger partial charge in [0.05, 0.1) is 29.5 Å². The van der Waals surface area contributed by atoms with Gasteiger partial charge in [0.25, 0.3) is 5.91 Å². The second-order valence-electron chi connectivity index (χ2n) is 6.03. The molecule has 1 amide bonds. The fraction of sp³-hybridized carbons (Fsp3) is 0.412. The summed E-state index contributed by atoms with van der Waals surface area (Å²) < 4.78 is 41.5. The van der Waals surface area contributed by atoms with Crippen LogP contribution in [0.3, 0.4) is 0 Å². The van der Waals surface area contributed by atoms with E-state index >= 15 is 0 Å². The number of amides is 1. The van der Waals surface area contributed by atoms with Crippen LogP contribution in [0.5, 0.6) is 0 Å². The van der Waals surface area contributed by atoms with Crippen LogP contribution in [0, 0.1) is 0 Å². The summed E-state index contributed by atoms with van der Waals surface area (Å²) >= 11 is 0. The molecule has 2 aromatic rings. The van der Waals surface area contributed by atoms with E-state index in [-0.39, 0.29) is 18.5 Å². The van der Waals surface area contributed by atoms with Crippen LogP contribution < -0.4 is 0 Å². The summed E-state index contributed by atoms with van der Waals surface area (Å²) in [5.74, 6) is -0.432. The van der Waals surface area contributed by atoms with E-state index in [4.69, 9.17) is 0 Å². The van der Waals surface area contributed by atoms with E-state index in [0.717, 1.165) is 6.07 Å². The molecule has 3 rings (SSSR count). The van der Waals surface area contributed by atoms with E-state index in [2.05, 4.69) is 5.10 Å². The Bertz CT molecular complexity index is 772. The first-order valence-corrected chi connectivity index (χ1v) is 7.99. The van der Waals surface area contributed by atoms with Crippen molar-refractivity contribution in [2.75, 3.05) is 6.54 Å². The van der Waals surface area contributed by atoms with Crippen molar-refractivity contribution in [3.05, 3.63) is 53.3 Å². The first-order valence-electron chi connectivity index (χ1n) is 7.99. The maximum atomic E-state index is 13.3. The number of carbonyl (C=O) groups excluding carboxylic acids is 1. The minimum absolute atomic E-state index is 0.00258. The average Bonchev–Trinajstić information content (AvgIpc) is 3.20. The van der Waals surface area contributed by atoms with Crippen molar-refractivity contribution >= 4 is 5.91 Å². The van der Waals surface area contributed by atoms with Crippen LogP contribution in [0.4, 0.5) is 13.2 Å². The Morgan fingerprint density at radius 1 is 1.36 bits per heavy atom. The van der Waals surface area contributed by atoms with Gasteiger partial charge in [-0.3, -0.25) is 9.48 Å². The predicted molar refractivity (Wildman–Crippen MR) is 83.7 cm³/mol. The first-order chi connectivity index (χ1) is 11.8. The number of hydrogen-bond donors (Lipinski definition) is 1. The topological polar surface area (TPSA) is 58.4 Å². The summed E-state index contributed by atoms with van der Waals surface area (Å²) in [5, 5.41) is 14.0. The lowest BCUT2D eigenvalue weighted by molar-refractivity contribution is -0.138. The third kappa shape index (κ3) is 3.39. The van der Waals surface area contributed by atoms with Gasteiger partial charge in [0.2, 0.25) is 0 Å². The molecule has 1 aromatic carbocycles. The number of β-amino-alcohol motifs (C(OH)–C–C–N with tert-alkyl or cyclic N) is 1. The number of benzene rings is 1. The second kappa shape index (κ2) is 6.51. The van der Waals surface area contributed by atoms with Gasteiger partial charge in [0.15, 0.2) is 0 Å². The lowest BCUT2D eigenvalue weighted by Crippen LogP contribution is -2.32. The number of aliphatic hydroxyl groups excluding tert-OH is 1. The number of aryl methyl sites for hydroxylation is 1. The first kappa shape index (κ1) is 17.5. The molecule has 25 heavy (non-hydrogen) atoms. The Balaban J connectivity index is 1.97. The maximum Gasteiger partial charge on any atom is 0.416 e. The van der Waals surface area contributed by atoms with Crippen LogP contribution in [-0.2, 0) is 12.7 Å². The molecule has 1 fully saturated rings. The SMILES string of the molecule is CCn1cc(C(=O)N2C[C@H](O)C[C@@H]2c2ccccc2C(F)(F)F)cn1. The fourth-order valence-electron chi connectivity index (χ4n) is 3.19. The van der Waals surface area contributed by atoms with Gasteiger partial charge in [-0.1, -0.05) is 18.2 Å². The number of aromatic nitrogens is 2. The van der Waals surface area contributed by atoms with E-state index in [1.165, 1.54) is 29.3 Å². The number of likely N-dealkylation sites (tertiary alicyclic amines) is 1. The summed E-state index contributed by atoms with van der Waals surface area (Å²) in [6.45, 7) is 2.44. The Hall–Kier alpha value is -2.35. The highest BCUT2D eigenvalue weighted by atomic mass is 19.4. The third-order valence-electron chi connectivity index (χ3n) is 4.37.